The third-order valence-corrected chi connectivity index (χ3v) is 3.79. The molecule has 0 spiro atoms. The van der Waals surface area contributed by atoms with Gasteiger partial charge in [-0.25, -0.2) is 4.98 Å². The minimum atomic E-state index is -0.239. The maximum atomic E-state index is 12.1. The number of piperidine rings is 1. The van der Waals surface area contributed by atoms with E-state index in [1.54, 1.807) is 24.5 Å². The number of hydrogen-bond donors (Lipinski definition) is 2. The van der Waals surface area contributed by atoms with E-state index in [-0.39, 0.29) is 18.4 Å². The lowest BCUT2D eigenvalue weighted by molar-refractivity contribution is -0.130. The fraction of sp³-hybridized carbons (Fsp3) is 0.400. The van der Waals surface area contributed by atoms with Crippen LogP contribution >= 0.6 is 0 Å². The van der Waals surface area contributed by atoms with E-state index in [2.05, 4.69) is 15.3 Å². The van der Waals surface area contributed by atoms with Crippen molar-refractivity contribution in [2.45, 2.75) is 19.3 Å². The molecule has 1 aromatic carbocycles. The monoisotopic (exact) mass is 286 g/mol. The fourth-order valence-electron chi connectivity index (χ4n) is 2.59. The number of H-pyrrole nitrogens is 1. The van der Waals surface area contributed by atoms with Crippen molar-refractivity contribution in [2.24, 2.45) is 0 Å². The van der Waals surface area contributed by atoms with Crippen LogP contribution in [-0.4, -0.2) is 46.3 Å². The number of hydrogen-bond acceptors (Lipinski definition) is 3. The summed E-state index contributed by atoms with van der Waals surface area (Å²) in [6, 6.07) is 5.24. The topological polar surface area (TPSA) is 78.1 Å². The number of amides is 2. The van der Waals surface area contributed by atoms with Crippen molar-refractivity contribution >= 4 is 22.8 Å². The molecular formula is C15H18N4O2. The molecule has 1 aromatic heterocycles. The molecular weight excluding hydrogens is 268 g/mol. The van der Waals surface area contributed by atoms with Crippen LogP contribution in [0.5, 0.6) is 0 Å². The van der Waals surface area contributed by atoms with Gasteiger partial charge >= 0.3 is 0 Å². The van der Waals surface area contributed by atoms with Gasteiger partial charge in [-0.2, -0.15) is 0 Å². The average molecular weight is 286 g/mol. The van der Waals surface area contributed by atoms with E-state index in [4.69, 9.17) is 0 Å². The highest BCUT2D eigenvalue weighted by Gasteiger charge is 2.17. The van der Waals surface area contributed by atoms with Crippen molar-refractivity contribution in [3.8, 4) is 0 Å². The highest BCUT2D eigenvalue weighted by molar-refractivity contribution is 5.98. The third-order valence-electron chi connectivity index (χ3n) is 3.79. The lowest BCUT2D eigenvalue weighted by atomic mass is 10.1. The summed E-state index contributed by atoms with van der Waals surface area (Å²) >= 11 is 0. The van der Waals surface area contributed by atoms with E-state index in [0.29, 0.717) is 5.56 Å². The van der Waals surface area contributed by atoms with Gasteiger partial charge in [0.25, 0.3) is 5.91 Å². The molecule has 3 rings (SSSR count). The van der Waals surface area contributed by atoms with Gasteiger partial charge in [0.15, 0.2) is 0 Å². The summed E-state index contributed by atoms with van der Waals surface area (Å²) in [7, 11) is 0. The molecule has 1 aliphatic rings. The number of fused-ring (bicyclic) bond motifs is 1. The van der Waals surface area contributed by atoms with Crippen molar-refractivity contribution in [1.82, 2.24) is 20.2 Å². The van der Waals surface area contributed by atoms with E-state index in [1.807, 2.05) is 4.90 Å². The number of carbonyl (C=O) groups excluding carboxylic acids is 2. The number of aromatic nitrogens is 2. The van der Waals surface area contributed by atoms with Crippen molar-refractivity contribution < 1.29 is 9.59 Å². The summed E-state index contributed by atoms with van der Waals surface area (Å²) in [5.41, 5.74) is 2.15. The molecule has 0 saturated carbocycles. The first kappa shape index (κ1) is 13.6. The minimum absolute atomic E-state index is 0.00864. The van der Waals surface area contributed by atoms with Gasteiger partial charge in [0, 0.05) is 18.7 Å². The summed E-state index contributed by atoms with van der Waals surface area (Å²) in [6.07, 6.45) is 4.87. The zero-order valence-corrected chi connectivity index (χ0v) is 11.8. The molecule has 2 aromatic rings. The number of rotatable bonds is 3. The molecule has 0 aliphatic carbocycles. The lowest BCUT2D eigenvalue weighted by Gasteiger charge is -2.26. The Balaban J connectivity index is 1.59. The molecule has 1 saturated heterocycles. The standard InChI is InChI=1S/C15H18N4O2/c20-14(19-6-2-1-3-7-19)9-16-15(21)11-4-5-12-13(8-11)18-10-17-12/h4-5,8,10H,1-3,6-7,9H2,(H,16,21)(H,17,18). The van der Waals surface area contributed by atoms with Gasteiger partial charge in [0.1, 0.15) is 0 Å². The first-order valence-corrected chi connectivity index (χ1v) is 7.23. The van der Waals surface area contributed by atoms with Crippen LogP contribution in [0.1, 0.15) is 29.6 Å². The quantitative estimate of drug-likeness (QED) is 0.893. The van der Waals surface area contributed by atoms with Crippen LogP contribution in [0, 0.1) is 0 Å². The summed E-state index contributed by atoms with van der Waals surface area (Å²) < 4.78 is 0. The summed E-state index contributed by atoms with van der Waals surface area (Å²) in [5.74, 6) is -0.248. The Morgan fingerprint density at radius 2 is 2.05 bits per heavy atom. The molecule has 6 heteroatoms. The Labute approximate surface area is 122 Å². The number of likely N-dealkylation sites (tertiary alicyclic amines) is 1. The van der Waals surface area contributed by atoms with Gasteiger partial charge in [-0.15, -0.1) is 0 Å². The first-order chi connectivity index (χ1) is 10.2. The van der Waals surface area contributed by atoms with E-state index in [0.717, 1.165) is 37.0 Å². The Bertz CT molecular complexity index is 658. The molecule has 2 amide bonds. The van der Waals surface area contributed by atoms with Gasteiger partial charge in [-0.3, -0.25) is 9.59 Å². The van der Waals surface area contributed by atoms with Gasteiger partial charge in [-0.05, 0) is 37.5 Å². The number of nitrogens with one attached hydrogen (secondary N) is 2. The number of carbonyl (C=O) groups is 2. The Kier molecular flexibility index (Phi) is 3.85. The zero-order valence-electron chi connectivity index (χ0n) is 11.8. The van der Waals surface area contributed by atoms with Crippen molar-refractivity contribution in [3.05, 3.63) is 30.1 Å². The van der Waals surface area contributed by atoms with Gasteiger partial charge in [0.2, 0.25) is 5.91 Å². The highest BCUT2D eigenvalue weighted by Crippen LogP contribution is 2.12. The summed E-state index contributed by atoms with van der Waals surface area (Å²) in [4.78, 5) is 33.0. The molecule has 0 unspecified atom stereocenters. The normalized spacial score (nSPS) is 15.1. The minimum Gasteiger partial charge on any atom is -0.345 e. The Hall–Kier alpha value is -2.37. The first-order valence-electron chi connectivity index (χ1n) is 7.23. The van der Waals surface area contributed by atoms with Crippen LogP contribution in [0.15, 0.2) is 24.5 Å². The summed E-state index contributed by atoms with van der Waals surface area (Å²) in [6.45, 7) is 1.66. The number of imidazole rings is 1. The van der Waals surface area contributed by atoms with Crippen molar-refractivity contribution in [1.29, 1.82) is 0 Å². The predicted octanol–water partition coefficient (Wildman–Crippen LogP) is 1.31. The van der Waals surface area contributed by atoms with Crippen LogP contribution in [0.3, 0.4) is 0 Å². The molecule has 110 valence electrons. The van der Waals surface area contributed by atoms with Crippen LogP contribution in [0.2, 0.25) is 0 Å². The predicted molar refractivity (Wildman–Crippen MR) is 78.9 cm³/mol. The smallest absolute Gasteiger partial charge is 0.251 e. The van der Waals surface area contributed by atoms with Crippen molar-refractivity contribution in [3.63, 3.8) is 0 Å². The Morgan fingerprint density at radius 3 is 2.86 bits per heavy atom. The largest absolute Gasteiger partial charge is 0.345 e. The van der Waals surface area contributed by atoms with E-state index >= 15 is 0 Å². The van der Waals surface area contributed by atoms with E-state index in [9.17, 15) is 9.59 Å². The molecule has 1 aliphatic heterocycles. The molecule has 1 fully saturated rings. The molecule has 6 nitrogen and oxygen atoms in total. The van der Waals surface area contributed by atoms with Gasteiger partial charge < -0.3 is 15.2 Å². The molecule has 2 N–H and O–H groups in total. The lowest BCUT2D eigenvalue weighted by Crippen LogP contribution is -2.42. The zero-order chi connectivity index (χ0) is 14.7. The number of aromatic amines is 1. The van der Waals surface area contributed by atoms with Crippen LogP contribution in [0.4, 0.5) is 0 Å². The molecule has 2 heterocycles. The highest BCUT2D eigenvalue weighted by atomic mass is 16.2. The maximum absolute atomic E-state index is 12.1. The number of benzene rings is 1. The third kappa shape index (κ3) is 3.04. The van der Waals surface area contributed by atoms with Gasteiger partial charge in [-0.1, -0.05) is 0 Å². The van der Waals surface area contributed by atoms with Crippen molar-refractivity contribution in [2.75, 3.05) is 19.6 Å². The van der Waals surface area contributed by atoms with Crippen LogP contribution < -0.4 is 5.32 Å². The van der Waals surface area contributed by atoms with E-state index in [1.165, 1.54) is 6.42 Å². The molecule has 0 atom stereocenters. The van der Waals surface area contributed by atoms with Gasteiger partial charge in [0.05, 0.1) is 23.9 Å². The summed E-state index contributed by atoms with van der Waals surface area (Å²) in [5, 5.41) is 2.69. The average Bonchev–Trinajstić information content (AvgIpc) is 3.00. The fourth-order valence-corrected chi connectivity index (χ4v) is 2.59. The second-order valence-electron chi connectivity index (χ2n) is 5.26. The molecule has 0 radical (unpaired) electrons. The Morgan fingerprint density at radius 1 is 1.24 bits per heavy atom. The van der Waals surface area contributed by atoms with E-state index < -0.39 is 0 Å². The maximum Gasteiger partial charge on any atom is 0.251 e. The molecule has 0 bridgehead atoms. The second kappa shape index (κ2) is 5.95. The second-order valence-corrected chi connectivity index (χ2v) is 5.26. The van der Waals surface area contributed by atoms with Crippen LogP contribution in [-0.2, 0) is 4.79 Å². The van der Waals surface area contributed by atoms with Crippen LogP contribution in [0.25, 0.3) is 11.0 Å². The molecule has 21 heavy (non-hydrogen) atoms. The SMILES string of the molecule is O=C(NCC(=O)N1CCCCC1)c1ccc2nc[nH]c2c1. The number of nitrogens with zero attached hydrogens (tertiary/aromatic N) is 2.